The molecule has 1 aliphatic heterocycles. The molecule has 0 unspecified atom stereocenters. The van der Waals surface area contributed by atoms with Crippen molar-refractivity contribution in [2.75, 3.05) is 13.7 Å². The Morgan fingerprint density at radius 3 is 3.29 bits per heavy atom. The molecular formula is C12H17N3O2. The Morgan fingerprint density at radius 1 is 1.71 bits per heavy atom. The second-order valence-corrected chi connectivity index (χ2v) is 4.04. The Labute approximate surface area is 101 Å². The lowest BCUT2D eigenvalue weighted by molar-refractivity contribution is -0.122. The van der Waals surface area contributed by atoms with E-state index in [0.717, 1.165) is 24.9 Å². The van der Waals surface area contributed by atoms with Crippen molar-refractivity contribution in [1.82, 2.24) is 15.6 Å². The summed E-state index contributed by atoms with van der Waals surface area (Å²) in [6.07, 6.45) is 3.65. The fourth-order valence-electron chi connectivity index (χ4n) is 1.96. The molecule has 1 atom stereocenters. The molecule has 17 heavy (non-hydrogen) atoms. The Morgan fingerprint density at radius 2 is 2.59 bits per heavy atom. The number of rotatable bonds is 4. The summed E-state index contributed by atoms with van der Waals surface area (Å²) in [5.74, 6) is 0.612. The Kier molecular flexibility index (Phi) is 3.93. The van der Waals surface area contributed by atoms with Gasteiger partial charge in [-0.1, -0.05) is 6.07 Å². The molecule has 1 fully saturated rings. The summed E-state index contributed by atoms with van der Waals surface area (Å²) in [6.45, 7) is 1.38. The van der Waals surface area contributed by atoms with Gasteiger partial charge in [0.15, 0.2) is 0 Å². The van der Waals surface area contributed by atoms with Crippen LogP contribution in [-0.2, 0) is 11.3 Å². The number of hydrogen-bond donors (Lipinski definition) is 2. The van der Waals surface area contributed by atoms with E-state index in [2.05, 4.69) is 15.6 Å². The summed E-state index contributed by atoms with van der Waals surface area (Å²) >= 11 is 0. The highest BCUT2D eigenvalue weighted by Gasteiger charge is 2.21. The first-order chi connectivity index (χ1) is 8.31. The van der Waals surface area contributed by atoms with E-state index in [0.29, 0.717) is 12.4 Å². The van der Waals surface area contributed by atoms with Crippen LogP contribution in [0.2, 0.25) is 0 Å². The summed E-state index contributed by atoms with van der Waals surface area (Å²) in [5, 5.41) is 6.06. The van der Waals surface area contributed by atoms with E-state index in [9.17, 15) is 4.79 Å². The minimum atomic E-state index is -0.0438. The van der Waals surface area contributed by atoms with E-state index in [1.807, 2.05) is 12.1 Å². The van der Waals surface area contributed by atoms with Gasteiger partial charge in [-0.25, -0.2) is 4.98 Å². The quantitative estimate of drug-likeness (QED) is 0.795. The lowest BCUT2D eigenvalue weighted by Crippen LogP contribution is -2.40. The summed E-state index contributed by atoms with van der Waals surface area (Å²) in [7, 11) is 1.58. The van der Waals surface area contributed by atoms with Crippen molar-refractivity contribution in [2.45, 2.75) is 25.4 Å². The molecule has 1 aliphatic rings. The SMILES string of the molecule is COc1ncccc1CNC(=O)[C@@H]1CCCN1. The van der Waals surface area contributed by atoms with Gasteiger partial charge in [0.2, 0.25) is 11.8 Å². The van der Waals surface area contributed by atoms with Crippen LogP contribution in [0.15, 0.2) is 18.3 Å². The van der Waals surface area contributed by atoms with Crippen LogP contribution in [0.4, 0.5) is 0 Å². The number of carbonyl (C=O) groups is 1. The van der Waals surface area contributed by atoms with Gasteiger partial charge in [0.1, 0.15) is 0 Å². The van der Waals surface area contributed by atoms with Crippen LogP contribution < -0.4 is 15.4 Å². The van der Waals surface area contributed by atoms with E-state index in [1.54, 1.807) is 13.3 Å². The summed E-state index contributed by atoms with van der Waals surface area (Å²) < 4.78 is 5.13. The normalized spacial score (nSPS) is 19.0. The summed E-state index contributed by atoms with van der Waals surface area (Å²) in [5.41, 5.74) is 0.890. The van der Waals surface area contributed by atoms with E-state index < -0.39 is 0 Å². The minimum absolute atomic E-state index is 0.0438. The smallest absolute Gasteiger partial charge is 0.237 e. The zero-order valence-corrected chi connectivity index (χ0v) is 9.90. The van der Waals surface area contributed by atoms with Gasteiger partial charge in [0, 0.05) is 18.3 Å². The molecule has 5 nitrogen and oxygen atoms in total. The van der Waals surface area contributed by atoms with Gasteiger partial charge < -0.3 is 15.4 Å². The first kappa shape index (κ1) is 11.9. The number of carbonyl (C=O) groups excluding carboxylic acids is 1. The van der Waals surface area contributed by atoms with E-state index in [1.165, 1.54) is 0 Å². The average molecular weight is 235 g/mol. The highest BCUT2D eigenvalue weighted by molar-refractivity contribution is 5.82. The van der Waals surface area contributed by atoms with Crippen LogP contribution in [0.3, 0.4) is 0 Å². The van der Waals surface area contributed by atoms with Crippen LogP contribution in [0.5, 0.6) is 5.88 Å². The number of amides is 1. The van der Waals surface area contributed by atoms with Crippen molar-refractivity contribution < 1.29 is 9.53 Å². The second kappa shape index (κ2) is 5.63. The monoisotopic (exact) mass is 235 g/mol. The van der Waals surface area contributed by atoms with E-state index in [4.69, 9.17) is 4.74 Å². The molecule has 2 heterocycles. The number of aromatic nitrogens is 1. The highest BCUT2D eigenvalue weighted by atomic mass is 16.5. The van der Waals surface area contributed by atoms with Crippen LogP contribution in [0.1, 0.15) is 18.4 Å². The van der Waals surface area contributed by atoms with Crippen molar-refractivity contribution in [3.05, 3.63) is 23.9 Å². The van der Waals surface area contributed by atoms with Crippen LogP contribution in [-0.4, -0.2) is 30.6 Å². The van der Waals surface area contributed by atoms with Crippen molar-refractivity contribution in [3.63, 3.8) is 0 Å². The molecule has 1 aromatic heterocycles. The second-order valence-electron chi connectivity index (χ2n) is 4.04. The molecule has 1 saturated heterocycles. The van der Waals surface area contributed by atoms with E-state index in [-0.39, 0.29) is 11.9 Å². The molecule has 1 aromatic rings. The summed E-state index contributed by atoms with van der Waals surface area (Å²) in [4.78, 5) is 15.9. The molecule has 2 N–H and O–H groups in total. The maximum Gasteiger partial charge on any atom is 0.237 e. The number of hydrogen-bond acceptors (Lipinski definition) is 4. The number of ether oxygens (including phenoxy) is 1. The molecule has 92 valence electrons. The predicted octanol–water partition coefficient (Wildman–Crippen LogP) is 0.458. The number of pyridine rings is 1. The maximum absolute atomic E-state index is 11.8. The largest absolute Gasteiger partial charge is 0.481 e. The molecule has 0 saturated carbocycles. The van der Waals surface area contributed by atoms with Gasteiger partial charge in [0.25, 0.3) is 0 Å². The number of methoxy groups -OCH3 is 1. The third-order valence-corrected chi connectivity index (χ3v) is 2.87. The van der Waals surface area contributed by atoms with Gasteiger partial charge in [0.05, 0.1) is 13.2 Å². The lowest BCUT2D eigenvalue weighted by Gasteiger charge is -2.12. The first-order valence-electron chi connectivity index (χ1n) is 5.80. The zero-order valence-electron chi connectivity index (χ0n) is 9.90. The van der Waals surface area contributed by atoms with Crippen LogP contribution in [0, 0.1) is 0 Å². The highest BCUT2D eigenvalue weighted by Crippen LogP contribution is 2.13. The average Bonchev–Trinajstić information content (AvgIpc) is 2.90. The number of nitrogens with one attached hydrogen (secondary N) is 2. The van der Waals surface area contributed by atoms with Gasteiger partial charge in [-0.2, -0.15) is 0 Å². The molecule has 0 bridgehead atoms. The third kappa shape index (κ3) is 2.94. The Balaban J connectivity index is 1.90. The topological polar surface area (TPSA) is 63.2 Å². The third-order valence-electron chi connectivity index (χ3n) is 2.87. The van der Waals surface area contributed by atoms with Gasteiger partial charge in [-0.05, 0) is 25.5 Å². The van der Waals surface area contributed by atoms with Gasteiger partial charge in [-0.3, -0.25) is 4.79 Å². The number of nitrogens with zero attached hydrogens (tertiary/aromatic N) is 1. The van der Waals surface area contributed by atoms with Gasteiger partial charge >= 0.3 is 0 Å². The molecule has 1 amide bonds. The maximum atomic E-state index is 11.8. The standard InChI is InChI=1S/C12H17N3O2/c1-17-12-9(4-2-7-14-12)8-15-11(16)10-5-3-6-13-10/h2,4,7,10,13H,3,5-6,8H2,1H3,(H,15,16)/t10-/m0/s1. The fraction of sp³-hybridized carbons (Fsp3) is 0.500. The van der Waals surface area contributed by atoms with E-state index >= 15 is 0 Å². The first-order valence-corrected chi connectivity index (χ1v) is 5.80. The molecule has 0 aliphatic carbocycles. The summed E-state index contributed by atoms with van der Waals surface area (Å²) in [6, 6.07) is 3.68. The molecule has 0 spiro atoms. The predicted molar refractivity (Wildman–Crippen MR) is 63.7 cm³/mol. The lowest BCUT2D eigenvalue weighted by atomic mass is 10.2. The minimum Gasteiger partial charge on any atom is -0.481 e. The van der Waals surface area contributed by atoms with Crippen molar-refractivity contribution in [3.8, 4) is 5.88 Å². The van der Waals surface area contributed by atoms with Gasteiger partial charge in [-0.15, -0.1) is 0 Å². The van der Waals surface area contributed by atoms with Crippen LogP contribution >= 0.6 is 0 Å². The molecular weight excluding hydrogens is 218 g/mol. The van der Waals surface area contributed by atoms with Crippen molar-refractivity contribution in [1.29, 1.82) is 0 Å². The molecule has 2 rings (SSSR count). The van der Waals surface area contributed by atoms with Crippen molar-refractivity contribution in [2.24, 2.45) is 0 Å². The zero-order chi connectivity index (χ0) is 12.1. The fourth-order valence-corrected chi connectivity index (χ4v) is 1.96. The molecule has 0 aromatic carbocycles. The van der Waals surface area contributed by atoms with Crippen LogP contribution in [0.25, 0.3) is 0 Å². The molecule has 5 heteroatoms. The van der Waals surface area contributed by atoms with Crippen molar-refractivity contribution >= 4 is 5.91 Å². The molecule has 0 radical (unpaired) electrons. The Bertz CT molecular complexity index is 389. The Hall–Kier alpha value is -1.62.